The van der Waals surface area contributed by atoms with Crippen LogP contribution in [0.4, 0.5) is 13.2 Å². The van der Waals surface area contributed by atoms with E-state index < -0.39 is 18.0 Å². The summed E-state index contributed by atoms with van der Waals surface area (Å²) in [7, 11) is 1.24. The molecule has 0 radical (unpaired) electrons. The van der Waals surface area contributed by atoms with Crippen LogP contribution in [0.2, 0.25) is 0 Å². The van der Waals surface area contributed by atoms with Crippen LogP contribution in [0.15, 0.2) is 6.20 Å². The van der Waals surface area contributed by atoms with Crippen molar-refractivity contribution in [2.24, 2.45) is 0 Å². The van der Waals surface area contributed by atoms with Crippen molar-refractivity contribution in [1.29, 1.82) is 5.26 Å². The van der Waals surface area contributed by atoms with Gasteiger partial charge in [0.05, 0.1) is 31.4 Å². The first-order valence-electron chi connectivity index (χ1n) is 4.26. The number of nitrogens with zero attached hydrogens (tertiary/aromatic N) is 2. The van der Waals surface area contributed by atoms with Crippen molar-refractivity contribution < 1.29 is 27.8 Å². The van der Waals surface area contributed by atoms with Crippen LogP contribution in [0.3, 0.4) is 0 Å². The summed E-state index contributed by atoms with van der Waals surface area (Å²) in [6.45, 7) is 0. The molecule has 0 saturated heterocycles. The summed E-state index contributed by atoms with van der Waals surface area (Å²) in [6.07, 6.45) is -4.36. The van der Waals surface area contributed by atoms with E-state index in [4.69, 9.17) is 10.00 Å². The van der Waals surface area contributed by atoms with E-state index in [1.54, 1.807) is 6.07 Å². The summed E-state index contributed by atoms with van der Waals surface area (Å²) in [6, 6.07) is 1.69. The molecule has 1 rings (SSSR count). The van der Waals surface area contributed by atoms with Gasteiger partial charge in [-0.1, -0.05) is 0 Å². The molecule has 0 amide bonds. The van der Waals surface area contributed by atoms with Crippen LogP contribution in [-0.4, -0.2) is 23.6 Å². The number of alkyl halides is 3. The largest absolute Gasteiger partial charge is 0.574 e. The van der Waals surface area contributed by atoms with E-state index in [-0.39, 0.29) is 17.7 Å². The molecule has 0 bridgehead atoms. The van der Waals surface area contributed by atoms with E-state index in [0.29, 0.717) is 0 Å². The van der Waals surface area contributed by atoms with Gasteiger partial charge in [0.15, 0.2) is 5.75 Å². The van der Waals surface area contributed by atoms with Gasteiger partial charge < -0.3 is 14.6 Å². The lowest BCUT2D eigenvalue weighted by atomic mass is 10.1. The molecule has 0 spiro atoms. The lowest BCUT2D eigenvalue weighted by Crippen LogP contribution is -2.18. The zero-order valence-corrected chi connectivity index (χ0v) is 8.58. The summed E-state index contributed by atoms with van der Waals surface area (Å²) in [5.74, 6) is -1.86. The number of aromatic hydroxyl groups is 1. The topological polar surface area (TPSA) is 75.4 Å². The van der Waals surface area contributed by atoms with Gasteiger partial charge >= 0.3 is 6.36 Å². The Morgan fingerprint density at radius 2 is 2.18 bits per heavy atom. The Balaban J connectivity index is 3.19. The van der Waals surface area contributed by atoms with Crippen molar-refractivity contribution in [2.45, 2.75) is 12.8 Å². The number of pyridine rings is 1. The van der Waals surface area contributed by atoms with Crippen molar-refractivity contribution in [3.63, 3.8) is 0 Å². The fraction of sp³-hybridized carbons (Fsp3) is 0.333. The first kappa shape index (κ1) is 12.9. The number of halogens is 3. The average molecular weight is 248 g/mol. The molecule has 0 aliphatic rings. The van der Waals surface area contributed by atoms with Crippen LogP contribution < -0.4 is 9.47 Å². The third kappa shape index (κ3) is 3.14. The van der Waals surface area contributed by atoms with Gasteiger partial charge in [0, 0.05) is 0 Å². The molecule has 1 aromatic heterocycles. The van der Waals surface area contributed by atoms with E-state index in [1.165, 1.54) is 7.11 Å². The molecule has 1 N–H and O–H groups in total. The molecule has 0 saturated carbocycles. The number of methoxy groups -OCH3 is 1. The van der Waals surface area contributed by atoms with E-state index in [9.17, 15) is 18.3 Å². The highest BCUT2D eigenvalue weighted by Crippen LogP contribution is 2.36. The molecule has 0 aromatic carbocycles. The molecule has 8 heteroatoms. The summed E-state index contributed by atoms with van der Waals surface area (Å²) < 4.78 is 44.1. The fourth-order valence-corrected chi connectivity index (χ4v) is 1.11. The van der Waals surface area contributed by atoms with Crippen molar-refractivity contribution in [1.82, 2.24) is 4.98 Å². The molecule has 1 aromatic rings. The van der Waals surface area contributed by atoms with Gasteiger partial charge in [0.2, 0.25) is 0 Å². The molecule has 5 nitrogen and oxygen atoms in total. The average Bonchev–Trinajstić information content (AvgIpc) is 2.23. The molecule has 0 fully saturated rings. The Kier molecular flexibility index (Phi) is 3.62. The van der Waals surface area contributed by atoms with Crippen molar-refractivity contribution in [3.8, 4) is 23.4 Å². The highest BCUT2D eigenvalue weighted by Gasteiger charge is 2.34. The maximum Gasteiger partial charge on any atom is 0.574 e. The molecule has 0 aliphatic heterocycles. The zero-order chi connectivity index (χ0) is 13.1. The Morgan fingerprint density at radius 3 is 2.65 bits per heavy atom. The van der Waals surface area contributed by atoms with Crippen LogP contribution in [0.25, 0.3) is 0 Å². The smallest absolute Gasteiger partial charge is 0.503 e. The van der Waals surface area contributed by atoms with Crippen LogP contribution in [0.5, 0.6) is 17.4 Å². The minimum atomic E-state index is -4.97. The normalized spacial score (nSPS) is 10.8. The van der Waals surface area contributed by atoms with Gasteiger partial charge in [-0.15, -0.1) is 13.2 Å². The second kappa shape index (κ2) is 4.78. The minimum absolute atomic E-state index is 0.0126. The van der Waals surface area contributed by atoms with Gasteiger partial charge in [0.25, 0.3) is 5.88 Å². The number of aromatic nitrogens is 1. The number of hydrogen-bond acceptors (Lipinski definition) is 5. The Morgan fingerprint density at radius 1 is 1.53 bits per heavy atom. The molecular weight excluding hydrogens is 241 g/mol. The third-order valence-electron chi connectivity index (χ3n) is 1.77. The van der Waals surface area contributed by atoms with E-state index in [0.717, 1.165) is 6.20 Å². The first-order chi connectivity index (χ1) is 7.89. The first-order valence-corrected chi connectivity index (χ1v) is 4.26. The van der Waals surface area contributed by atoms with Crippen LogP contribution >= 0.6 is 0 Å². The van der Waals surface area contributed by atoms with Gasteiger partial charge in [-0.05, 0) is 0 Å². The third-order valence-corrected chi connectivity index (χ3v) is 1.77. The predicted octanol–water partition coefficient (Wildman–Crippen LogP) is 1.76. The predicted molar refractivity (Wildman–Crippen MR) is 48.5 cm³/mol. The SMILES string of the molecule is COc1cnc(OC(F)(F)F)c(O)c1CC#N. The Hall–Kier alpha value is -2.17. The Bertz CT molecular complexity index is 454. The highest BCUT2D eigenvalue weighted by atomic mass is 19.4. The maximum atomic E-state index is 12.0. The summed E-state index contributed by atoms with van der Waals surface area (Å²) >= 11 is 0. The molecule has 0 aliphatic carbocycles. The maximum absolute atomic E-state index is 12.0. The van der Waals surface area contributed by atoms with Crippen molar-refractivity contribution in [3.05, 3.63) is 11.8 Å². The standard InChI is InChI=1S/C9H7F3N2O3/c1-16-6-4-14-8(17-9(10,11)12)7(15)5(6)2-3-13/h4,15H,2H2,1H3. The quantitative estimate of drug-likeness (QED) is 0.882. The second-order valence-electron chi connectivity index (χ2n) is 2.84. The number of nitriles is 1. The summed E-state index contributed by atoms with van der Waals surface area (Å²) in [5.41, 5.74) is -0.107. The van der Waals surface area contributed by atoms with Crippen LogP contribution in [-0.2, 0) is 6.42 Å². The van der Waals surface area contributed by atoms with E-state index in [2.05, 4.69) is 9.72 Å². The van der Waals surface area contributed by atoms with Crippen LogP contribution in [0.1, 0.15) is 5.56 Å². The molecule has 0 unspecified atom stereocenters. The van der Waals surface area contributed by atoms with Gasteiger partial charge in [0.1, 0.15) is 5.75 Å². The Labute approximate surface area is 94.0 Å². The number of hydrogen-bond donors (Lipinski definition) is 1. The van der Waals surface area contributed by atoms with Gasteiger partial charge in [-0.2, -0.15) is 5.26 Å². The molecule has 17 heavy (non-hydrogen) atoms. The summed E-state index contributed by atoms with van der Waals surface area (Å²) in [5, 5.41) is 18.0. The number of ether oxygens (including phenoxy) is 2. The molecule has 1 heterocycles. The lowest BCUT2D eigenvalue weighted by Gasteiger charge is -2.12. The van der Waals surface area contributed by atoms with Gasteiger partial charge in [-0.3, -0.25) is 0 Å². The lowest BCUT2D eigenvalue weighted by molar-refractivity contribution is -0.276. The summed E-state index contributed by atoms with van der Waals surface area (Å²) in [4.78, 5) is 3.25. The van der Waals surface area contributed by atoms with Gasteiger partial charge in [-0.25, -0.2) is 4.98 Å². The zero-order valence-electron chi connectivity index (χ0n) is 8.58. The number of rotatable bonds is 3. The monoisotopic (exact) mass is 248 g/mol. The highest BCUT2D eigenvalue weighted by molar-refractivity contribution is 5.49. The fourth-order valence-electron chi connectivity index (χ4n) is 1.11. The van der Waals surface area contributed by atoms with Crippen LogP contribution in [0, 0.1) is 11.3 Å². The minimum Gasteiger partial charge on any atom is -0.503 e. The van der Waals surface area contributed by atoms with Crippen molar-refractivity contribution in [2.75, 3.05) is 7.11 Å². The molecule has 92 valence electrons. The van der Waals surface area contributed by atoms with E-state index >= 15 is 0 Å². The molecule has 0 atom stereocenters. The molecular formula is C9H7F3N2O3. The van der Waals surface area contributed by atoms with Crippen molar-refractivity contribution >= 4 is 0 Å². The second-order valence-corrected chi connectivity index (χ2v) is 2.84. The van der Waals surface area contributed by atoms with E-state index in [1.807, 2.05) is 0 Å².